The summed E-state index contributed by atoms with van der Waals surface area (Å²) in [6, 6.07) is 8.34. The summed E-state index contributed by atoms with van der Waals surface area (Å²) in [6.07, 6.45) is 0. The third-order valence-electron chi connectivity index (χ3n) is 4.30. The Morgan fingerprint density at radius 2 is 1.88 bits per heavy atom. The van der Waals surface area contributed by atoms with E-state index in [2.05, 4.69) is 51.1 Å². The molecule has 2 rings (SSSR count). The minimum Gasteiger partial charge on any atom is -0.496 e. The Hall–Kier alpha value is -2.01. The molecule has 1 N–H and O–H groups in total. The summed E-state index contributed by atoms with van der Waals surface area (Å²) in [5.74, 6) is 2.46. The smallest absolute Gasteiger partial charge is 0.130 e. The highest BCUT2D eigenvalue weighted by molar-refractivity contribution is 5.50. The molecule has 0 aliphatic rings. The molecule has 0 radical (unpaired) electrons. The van der Waals surface area contributed by atoms with Gasteiger partial charge in [0.25, 0.3) is 0 Å². The highest BCUT2D eigenvalue weighted by atomic mass is 16.5. The predicted molar refractivity (Wildman–Crippen MR) is 99.9 cm³/mol. The number of benzene rings is 1. The lowest BCUT2D eigenvalue weighted by atomic mass is 10.0. The molecule has 5 heteroatoms. The lowest BCUT2D eigenvalue weighted by Crippen LogP contribution is -2.22. The minimum absolute atomic E-state index is 0.191. The fraction of sp³-hybridized carbons (Fsp3) is 0.526. The van der Waals surface area contributed by atoms with Crippen LogP contribution in [0.4, 0.5) is 5.82 Å². The Kier molecular flexibility index (Phi) is 5.89. The second kappa shape index (κ2) is 7.71. The van der Waals surface area contributed by atoms with Crippen molar-refractivity contribution in [1.82, 2.24) is 15.1 Å². The number of ether oxygens (including phenoxy) is 1. The average Bonchev–Trinajstić information content (AvgIpc) is 2.89. The van der Waals surface area contributed by atoms with Gasteiger partial charge in [0, 0.05) is 44.9 Å². The number of nitrogens with one attached hydrogen (secondary N) is 1. The summed E-state index contributed by atoms with van der Waals surface area (Å²) in [4.78, 5) is 2.13. The normalized spacial score (nSPS) is 12.5. The molecular formula is C19H30N4O. The first kappa shape index (κ1) is 18.3. The van der Waals surface area contributed by atoms with Gasteiger partial charge < -0.3 is 15.0 Å². The van der Waals surface area contributed by atoms with Crippen LogP contribution in [0, 0.1) is 0 Å². The molecule has 0 aliphatic carbocycles. The van der Waals surface area contributed by atoms with Gasteiger partial charge in [-0.05, 0) is 18.9 Å². The lowest BCUT2D eigenvalue weighted by Gasteiger charge is -2.20. The molecule has 2 aromatic rings. The third-order valence-corrected chi connectivity index (χ3v) is 4.30. The number of nitrogens with zero attached hydrogens (tertiary/aromatic N) is 3. The lowest BCUT2D eigenvalue weighted by molar-refractivity contribution is 0.401. The van der Waals surface area contributed by atoms with E-state index in [1.54, 1.807) is 7.11 Å². The van der Waals surface area contributed by atoms with Crippen LogP contribution in [0.2, 0.25) is 0 Å². The molecular weight excluding hydrogens is 300 g/mol. The summed E-state index contributed by atoms with van der Waals surface area (Å²) >= 11 is 0. The molecule has 1 aromatic carbocycles. The van der Waals surface area contributed by atoms with Gasteiger partial charge >= 0.3 is 0 Å². The zero-order valence-electron chi connectivity index (χ0n) is 15.9. The molecule has 0 saturated carbocycles. The predicted octanol–water partition coefficient (Wildman–Crippen LogP) is 3.47. The maximum atomic E-state index is 5.48. The number of hydrogen-bond donors (Lipinski definition) is 1. The molecule has 0 unspecified atom stereocenters. The van der Waals surface area contributed by atoms with E-state index >= 15 is 0 Å². The number of para-hydroxylation sites is 1. The van der Waals surface area contributed by atoms with E-state index in [-0.39, 0.29) is 6.04 Å². The molecule has 1 heterocycles. The van der Waals surface area contributed by atoms with Crippen molar-refractivity contribution in [3.05, 3.63) is 41.1 Å². The Bertz CT molecular complexity index is 676. The average molecular weight is 330 g/mol. The van der Waals surface area contributed by atoms with Gasteiger partial charge in [0.2, 0.25) is 0 Å². The number of rotatable bonds is 7. The number of methoxy groups -OCH3 is 1. The van der Waals surface area contributed by atoms with Crippen LogP contribution in [0.3, 0.4) is 0 Å². The van der Waals surface area contributed by atoms with Crippen molar-refractivity contribution in [2.75, 3.05) is 26.1 Å². The van der Waals surface area contributed by atoms with Crippen LogP contribution < -0.4 is 15.0 Å². The zero-order chi connectivity index (χ0) is 17.9. The largest absolute Gasteiger partial charge is 0.496 e. The minimum atomic E-state index is 0.191. The Morgan fingerprint density at radius 3 is 2.46 bits per heavy atom. The number of aryl methyl sites for hydroxylation is 1. The molecule has 0 amide bonds. The van der Waals surface area contributed by atoms with E-state index in [1.165, 1.54) is 11.1 Å². The zero-order valence-corrected chi connectivity index (χ0v) is 15.9. The van der Waals surface area contributed by atoms with Crippen LogP contribution in [0.1, 0.15) is 49.6 Å². The molecule has 0 spiro atoms. The Morgan fingerprint density at radius 1 is 1.21 bits per heavy atom. The summed E-state index contributed by atoms with van der Waals surface area (Å²) < 4.78 is 7.45. The molecule has 132 valence electrons. The Labute approximate surface area is 145 Å². The van der Waals surface area contributed by atoms with Gasteiger partial charge in [-0.25, -0.2) is 0 Å². The Balaban J connectivity index is 2.25. The van der Waals surface area contributed by atoms with Crippen LogP contribution >= 0.6 is 0 Å². The number of aromatic nitrogens is 2. The second-order valence-electron chi connectivity index (χ2n) is 6.70. The molecule has 0 saturated heterocycles. The van der Waals surface area contributed by atoms with E-state index in [9.17, 15) is 0 Å². The van der Waals surface area contributed by atoms with Crippen LogP contribution in [-0.4, -0.2) is 31.0 Å². The number of hydrogen-bond acceptors (Lipinski definition) is 4. The fourth-order valence-electron chi connectivity index (χ4n) is 3.16. The van der Waals surface area contributed by atoms with Gasteiger partial charge in [-0.3, -0.25) is 4.68 Å². The topological polar surface area (TPSA) is 42.3 Å². The quantitative estimate of drug-likeness (QED) is 0.844. The highest BCUT2D eigenvalue weighted by Gasteiger charge is 2.20. The van der Waals surface area contributed by atoms with Crippen molar-refractivity contribution in [2.24, 2.45) is 7.05 Å². The van der Waals surface area contributed by atoms with Gasteiger partial charge in [0.05, 0.1) is 12.8 Å². The van der Waals surface area contributed by atoms with Gasteiger partial charge in [0.15, 0.2) is 0 Å². The maximum absolute atomic E-state index is 5.48. The first-order valence-electron chi connectivity index (χ1n) is 8.46. The molecule has 1 atom stereocenters. The molecule has 0 fully saturated rings. The second-order valence-corrected chi connectivity index (χ2v) is 6.70. The third kappa shape index (κ3) is 3.73. The van der Waals surface area contributed by atoms with Gasteiger partial charge in [-0.15, -0.1) is 0 Å². The van der Waals surface area contributed by atoms with E-state index < -0.39 is 0 Å². The monoisotopic (exact) mass is 330 g/mol. The van der Waals surface area contributed by atoms with E-state index in [0.29, 0.717) is 5.92 Å². The van der Waals surface area contributed by atoms with Crippen molar-refractivity contribution in [1.29, 1.82) is 0 Å². The molecule has 1 aromatic heterocycles. The van der Waals surface area contributed by atoms with E-state index in [4.69, 9.17) is 9.84 Å². The van der Waals surface area contributed by atoms with Crippen molar-refractivity contribution < 1.29 is 4.74 Å². The number of anilines is 1. The van der Waals surface area contributed by atoms with Crippen LogP contribution in [0.5, 0.6) is 5.75 Å². The van der Waals surface area contributed by atoms with Crippen molar-refractivity contribution in [2.45, 2.75) is 39.3 Å². The first-order chi connectivity index (χ1) is 11.4. The molecule has 0 bridgehead atoms. The van der Waals surface area contributed by atoms with Gasteiger partial charge in [-0.2, -0.15) is 5.10 Å². The fourth-order valence-corrected chi connectivity index (χ4v) is 3.16. The van der Waals surface area contributed by atoms with Gasteiger partial charge in [0.1, 0.15) is 11.6 Å². The highest BCUT2D eigenvalue weighted by Crippen LogP contribution is 2.29. The van der Waals surface area contributed by atoms with Crippen LogP contribution in [0.25, 0.3) is 0 Å². The summed E-state index contributed by atoms with van der Waals surface area (Å²) in [6.45, 7) is 7.32. The molecule has 24 heavy (non-hydrogen) atoms. The molecule has 5 nitrogen and oxygen atoms in total. The van der Waals surface area contributed by atoms with Crippen molar-refractivity contribution >= 4 is 5.82 Å². The van der Waals surface area contributed by atoms with Gasteiger partial charge in [-0.1, -0.05) is 32.0 Å². The van der Waals surface area contributed by atoms with E-state index in [1.807, 2.05) is 29.9 Å². The SMILES string of the molecule is COc1ccccc1[C@H](C)NCc1c(C(C)C)nn(C)c1N(C)C. The first-order valence-corrected chi connectivity index (χ1v) is 8.46. The summed E-state index contributed by atoms with van der Waals surface area (Å²) in [5.41, 5.74) is 3.58. The summed E-state index contributed by atoms with van der Waals surface area (Å²) in [5, 5.41) is 8.36. The summed E-state index contributed by atoms with van der Waals surface area (Å²) in [7, 11) is 7.85. The van der Waals surface area contributed by atoms with E-state index in [0.717, 1.165) is 23.8 Å². The van der Waals surface area contributed by atoms with Crippen LogP contribution in [-0.2, 0) is 13.6 Å². The molecule has 0 aliphatic heterocycles. The standard InChI is InChI=1S/C19H30N4O/c1-13(2)18-16(19(22(4)5)23(6)21-18)12-20-14(3)15-10-8-9-11-17(15)24-7/h8-11,13-14,20H,12H2,1-7H3/t14-/m0/s1. The maximum Gasteiger partial charge on any atom is 0.130 e. The van der Waals surface area contributed by atoms with Crippen molar-refractivity contribution in [3.8, 4) is 5.75 Å². The van der Waals surface area contributed by atoms with Crippen molar-refractivity contribution in [3.63, 3.8) is 0 Å². The van der Waals surface area contributed by atoms with Crippen LogP contribution in [0.15, 0.2) is 24.3 Å².